The van der Waals surface area contributed by atoms with E-state index < -0.39 is 6.10 Å². The molecule has 0 aliphatic rings. The number of amides is 2. The van der Waals surface area contributed by atoms with E-state index >= 15 is 0 Å². The van der Waals surface area contributed by atoms with E-state index in [4.69, 9.17) is 4.74 Å². The highest BCUT2D eigenvalue weighted by Crippen LogP contribution is 2.19. The lowest BCUT2D eigenvalue weighted by molar-refractivity contribution is -0.122. The van der Waals surface area contributed by atoms with Crippen LogP contribution in [0.4, 0.5) is 5.69 Å². The number of hydrogen-bond donors (Lipinski definition) is 2. The van der Waals surface area contributed by atoms with Crippen LogP contribution < -0.4 is 15.4 Å². The quantitative estimate of drug-likeness (QED) is 0.798. The normalized spacial score (nSPS) is 12.2. The molecule has 0 aromatic heterocycles. The molecule has 2 rings (SSSR count). The van der Waals surface area contributed by atoms with Crippen LogP contribution in [0.1, 0.15) is 50.0 Å². The third-order valence-corrected chi connectivity index (χ3v) is 3.88. The van der Waals surface area contributed by atoms with Crippen LogP contribution in [0.3, 0.4) is 0 Å². The summed E-state index contributed by atoms with van der Waals surface area (Å²) in [6, 6.07) is 14.5. The first kappa shape index (κ1) is 20.5. The van der Waals surface area contributed by atoms with Crippen molar-refractivity contribution in [3.05, 3.63) is 59.7 Å². The molecule has 27 heavy (non-hydrogen) atoms. The monoisotopic (exact) mass is 368 g/mol. The van der Waals surface area contributed by atoms with Crippen LogP contribution in [-0.2, 0) is 4.79 Å². The summed E-state index contributed by atoms with van der Waals surface area (Å²) in [5, 5.41) is 5.75. The van der Waals surface area contributed by atoms with E-state index in [1.165, 1.54) is 0 Å². The van der Waals surface area contributed by atoms with Gasteiger partial charge in [0.25, 0.3) is 11.8 Å². The minimum atomic E-state index is -0.647. The molecule has 0 aliphatic carbocycles. The van der Waals surface area contributed by atoms with E-state index in [1.807, 2.05) is 58.9 Å². The number of para-hydroxylation sites is 1. The Hall–Kier alpha value is -2.82. The fraction of sp³-hybridized carbons (Fsp3) is 0.364. The largest absolute Gasteiger partial charge is 0.481 e. The summed E-state index contributed by atoms with van der Waals surface area (Å²) in [6.45, 7) is 9.61. The highest BCUT2D eigenvalue weighted by atomic mass is 16.5. The van der Waals surface area contributed by atoms with E-state index in [2.05, 4.69) is 10.6 Å². The molecule has 2 aromatic carbocycles. The van der Waals surface area contributed by atoms with E-state index in [9.17, 15) is 9.59 Å². The molecule has 0 heterocycles. The molecule has 0 saturated carbocycles. The van der Waals surface area contributed by atoms with Crippen molar-refractivity contribution in [1.82, 2.24) is 5.32 Å². The van der Waals surface area contributed by atoms with Gasteiger partial charge in [0, 0.05) is 5.54 Å². The second kappa shape index (κ2) is 8.71. The SMILES string of the molecule is CC[C@@H](Oc1ccc(C)cc1)C(=O)Nc1ccccc1C(=O)NC(C)(C)C. The van der Waals surface area contributed by atoms with Crippen LogP contribution in [-0.4, -0.2) is 23.5 Å². The molecular weight excluding hydrogens is 340 g/mol. The smallest absolute Gasteiger partial charge is 0.265 e. The zero-order valence-corrected chi connectivity index (χ0v) is 16.6. The fourth-order valence-electron chi connectivity index (χ4n) is 2.51. The van der Waals surface area contributed by atoms with Crippen LogP contribution in [0.15, 0.2) is 48.5 Å². The Morgan fingerprint density at radius 1 is 1.04 bits per heavy atom. The lowest BCUT2D eigenvalue weighted by Crippen LogP contribution is -2.41. The topological polar surface area (TPSA) is 67.4 Å². The van der Waals surface area contributed by atoms with Crippen molar-refractivity contribution in [2.45, 2.75) is 52.7 Å². The predicted molar refractivity (Wildman–Crippen MR) is 108 cm³/mol. The Morgan fingerprint density at radius 3 is 2.26 bits per heavy atom. The summed E-state index contributed by atoms with van der Waals surface area (Å²) in [5.41, 5.74) is 1.65. The van der Waals surface area contributed by atoms with Crippen LogP contribution in [0, 0.1) is 6.92 Å². The fourth-order valence-corrected chi connectivity index (χ4v) is 2.51. The molecule has 5 nitrogen and oxygen atoms in total. The standard InChI is InChI=1S/C22H28N2O3/c1-6-19(27-16-13-11-15(2)12-14-16)21(26)23-18-10-8-7-9-17(18)20(25)24-22(3,4)5/h7-14,19H,6H2,1-5H3,(H,23,26)(H,24,25)/t19-/m1/s1. The summed E-state index contributed by atoms with van der Waals surface area (Å²) in [7, 11) is 0. The molecule has 0 radical (unpaired) electrons. The van der Waals surface area contributed by atoms with Gasteiger partial charge in [-0.15, -0.1) is 0 Å². The first-order valence-corrected chi connectivity index (χ1v) is 9.15. The van der Waals surface area contributed by atoms with E-state index in [0.717, 1.165) is 5.56 Å². The van der Waals surface area contributed by atoms with Gasteiger partial charge < -0.3 is 15.4 Å². The number of hydrogen-bond acceptors (Lipinski definition) is 3. The van der Waals surface area contributed by atoms with Crippen molar-refractivity contribution in [3.8, 4) is 5.75 Å². The van der Waals surface area contributed by atoms with Gasteiger partial charge in [0.05, 0.1) is 11.3 Å². The van der Waals surface area contributed by atoms with Crippen LogP contribution in [0.25, 0.3) is 0 Å². The molecule has 0 unspecified atom stereocenters. The maximum Gasteiger partial charge on any atom is 0.265 e. The molecule has 0 saturated heterocycles. The first-order valence-electron chi connectivity index (χ1n) is 9.15. The van der Waals surface area contributed by atoms with Crippen LogP contribution in [0.2, 0.25) is 0 Å². The highest BCUT2D eigenvalue weighted by molar-refractivity contribution is 6.04. The average Bonchev–Trinajstić information content (AvgIpc) is 2.60. The van der Waals surface area contributed by atoms with E-state index in [0.29, 0.717) is 23.4 Å². The molecule has 2 N–H and O–H groups in total. The average molecular weight is 368 g/mol. The molecule has 0 bridgehead atoms. The van der Waals surface area contributed by atoms with Crippen molar-refractivity contribution in [2.24, 2.45) is 0 Å². The van der Waals surface area contributed by atoms with E-state index in [-0.39, 0.29) is 17.4 Å². The van der Waals surface area contributed by atoms with Crippen molar-refractivity contribution in [3.63, 3.8) is 0 Å². The molecule has 0 spiro atoms. The number of aryl methyl sites for hydroxylation is 1. The third-order valence-electron chi connectivity index (χ3n) is 3.88. The Bertz CT molecular complexity index is 792. The number of anilines is 1. The Labute approximate surface area is 161 Å². The molecule has 0 aliphatic heterocycles. The molecule has 1 atom stereocenters. The third kappa shape index (κ3) is 6.13. The van der Waals surface area contributed by atoms with Crippen molar-refractivity contribution >= 4 is 17.5 Å². The maximum absolute atomic E-state index is 12.7. The zero-order valence-electron chi connectivity index (χ0n) is 16.6. The van der Waals surface area contributed by atoms with Gasteiger partial charge in [-0.3, -0.25) is 9.59 Å². The van der Waals surface area contributed by atoms with Crippen molar-refractivity contribution in [1.29, 1.82) is 0 Å². The second-order valence-electron chi connectivity index (χ2n) is 7.57. The number of ether oxygens (including phenoxy) is 1. The highest BCUT2D eigenvalue weighted by Gasteiger charge is 2.22. The van der Waals surface area contributed by atoms with Crippen LogP contribution >= 0.6 is 0 Å². The van der Waals surface area contributed by atoms with Gasteiger partial charge >= 0.3 is 0 Å². The number of benzene rings is 2. The molecule has 2 aromatic rings. The Kier molecular flexibility index (Phi) is 6.61. The van der Waals surface area contributed by atoms with Gasteiger partial charge in [-0.25, -0.2) is 0 Å². The molecule has 144 valence electrons. The maximum atomic E-state index is 12.7. The minimum Gasteiger partial charge on any atom is -0.481 e. The Balaban J connectivity index is 2.14. The number of carbonyl (C=O) groups excluding carboxylic acids is 2. The van der Waals surface area contributed by atoms with Gasteiger partial charge in [-0.05, 0) is 58.4 Å². The lowest BCUT2D eigenvalue weighted by Gasteiger charge is -2.22. The molecule has 2 amide bonds. The number of rotatable bonds is 6. The van der Waals surface area contributed by atoms with Crippen molar-refractivity contribution in [2.75, 3.05) is 5.32 Å². The summed E-state index contributed by atoms with van der Waals surface area (Å²) in [6.07, 6.45) is -0.137. The van der Waals surface area contributed by atoms with Gasteiger partial charge in [0.2, 0.25) is 0 Å². The van der Waals surface area contributed by atoms with Gasteiger partial charge in [-0.1, -0.05) is 36.8 Å². The summed E-state index contributed by atoms with van der Waals surface area (Å²) in [5.74, 6) is 0.126. The van der Waals surface area contributed by atoms with Gasteiger partial charge in [0.15, 0.2) is 6.10 Å². The Morgan fingerprint density at radius 2 is 1.67 bits per heavy atom. The summed E-state index contributed by atoms with van der Waals surface area (Å²) >= 11 is 0. The van der Waals surface area contributed by atoms with E-state index in [1.54, 1.807) is 24.3 Å². The minimum absolute atomic E-state index is 0.231. The zero-order chi connectivity index (χ0) is 20.0. The second-order valence-corrected chi connectivity index (χ2v) is 7.57. The molecule has 5 heteroatoms. The van der Waals surface area contributed by atoms with Gasteiger partial charge in [-0.2, -0.15) is 0 Å². The number of nitrogens with one attached hydrogen (secondary N) is 2. The van der Waals surface area contributed by atoms with Crippen molar-refractivity contribution < 1.29 is 14.3 Å². The van der Waals surface area contributed by atoms with Crippen LogP contribution in [0.5, 0.6) is 5.75 Å². The van der Waals surface area contributed by atoms with Gasteiger partial charge in [0.1, 0.15) is 5.75 Å². The summed E-state index contributed by atoms with van der Waals surface area (Å²) < 4.78 is 5.82. The first-order chi connectivity index (χ1) is 12.7. The lowest BCUT2D eigenvalue weighted by atomic mass is 10.1. The predicted octanol–water partition coefficient (Wildman–Crippen LogP) is 4.32. The molecular formula is C22H28N2O3. The summed E-state index contributed by atoms with van der Waals surface area (Å²) in [4.78, 5) is 25.2. The molecule has 0 fully saturated rings. The number of carbonyl (C=O) groups is 2.